The molecule has 1 N–H and O–H groups in total. The predicted molar refractivity (Wildman–Crippen MR) is 127 cm³/mol. The largest absolute Gasteiger partial charge is 0.497 e. The van der Waals surface area contributed by atoms with Crippen LogP contribution in [0.1, 0.15) is 24.2 Å². The summed E-state index contributed by atoms with van der Waals surface area (Å²) in [6, 6.07) is 12.6. The molecule has 0 bridgehead atoms. The Morgan fingerprint density at radius 1 is 1.19 bits per heavy atom. The number of aromatic nitrogens is 2. The van der Waals surface area contributed by atoms with Crippen molar-refractivity contribution in [1.29, 1.82) is 0 Å². The Bertz CT molecular complexity index is 1360. The highest BCUT2D eigenvalue weighted by molar-refractivity contribution is 7.26. The zero-order valence-corrected chi connectivity index (χ0v) is 19.3. The number of nitrogens with zero attached hydrogens (tertiary/aromatic N) is 2. The van der Waals surface area contributed by atoms with E-state index in [4.69, 9.17) is 9.47 Å². The molecule has 2 aromatic heterocycles. The van der Waals surface area contributed by atoms with E-state index < -0.39 is 6.04 Å². The molecule has 0 aliphatic carbocycles. The van der Waals surface area contributed by atoms with Gasteiger partial charge in [0.15, 0.2) is 0 Å². The molecule has 4 aromatic rings. The summed E-state index contributed by atoms with van der Waals surface area (Å²) in [5.74, 6) is 1.15. The van der Waals surface area contributed by atoms with Crippen molar-refractivity contribution in [2.75, 3.05) is 20.8 Å². The van der Waals surface area contributed by atoms with Crippen LogP contribution >= 0.6 is 11.3 Å². The molecule has 32 heavy (non-hydrogen) atoms. The number of carbonyl (C=O) groups is 1. The number of thiophene rings is 1. The molecule has 0 aliphatic heterocycles. The van der Waals surface area contributed by atoms with E-state index in [0.29, 0.717) is 29.9 Å². The highest BCUT2D eigenvalue weighted by atomic mass is 32.1. The predicted octanol–water partition coefficient (Wildman–Crippen LogP) is 3.86. The first-order valence-electron chi connectivity index (χ1n) is 10.3. The lowest BCUT2D eigenvalue weighted by atomic mass is 10.1. The minimum Gasteiger partial charge on any atom is -0.497 e. The summed E-state index contributed by atoms with van der Waals surface area (Å²) in [6.07, 6.45) is 0.585. The molecule has 1 atom stereocenters. The minimum atomic E-state index is -0.734. The van der Waals surface area contributed by atoms with Crippen LogP contribution in [0.5, 0.6) is 11.5 Å². The van der Waals surface area contributed by atoms with Crippen LogP contribution in [0.15, 0.2) is 47.3 Å². The second-order valence-electron chi connectivity index (χ2n) is 7.53. The number of hydrogen-bond acceptors (Lipinski definition) is 6. The van der Waals surface area contributed by atoms with Crippen LogP contribution in [0.25, 0.3) is 20.2 Å². The topological polar surface area (TPSA) is 82.5 Å². The van der Waals surface area contributed by atoms with Crippen molar-refractivity contribution in [2.45, 2.75) is 26.3 Å². The maximum Gasteiger partial charge on any atom is 0.276 e. The molecule has 166 valence electrons. The van der Waals surface area contributed by atoms with E-state index in [-0.39, 0.29) is 11.5 Å². The maximum absolute atomic E-state index is 13.2. The zero-order valence-electron chi connectivity index (χ0n) is 18.5. The summed E-state index contributed by atoms with van der Waals surface area (Å²) >= 11 is 1.55. The lowest BCUT2D eigenvalue weighted by molar-refractivity contribution is -0.124. The van der Waals surface area contributed by atoms with Gasteiger partial charge in [0.1, 0.15) is 17.5 Å². The summed E-state index contributed by atoms with van der Waals surface area (Å²) < 4.78 is 13.8. The Morgan fingerprint density at radius 3 is 2.72 bits per heavy atom. The third-order valence-corrected chi connectivity index (χ3v) is 6.82. The number of carbonyl (C=O) groups excluding carboxylic acids is 1. The van der Waals surface area contributed by atoms with Gasteiger partial charge >= 0.3 is 0 Å². The quantitative estimate of drug-likeness (QED) is 0.461. The van der Waals surface area contributed by atoms with Crippen molar-refractivity contribution < 1.29 is 14.3 Å². The lowest BCUT2D eigenvalue weighted by Crippen LogP contribution is -2.38. The molecule has 7 nitrogen and oxygen atoms in total. The van der Waals surface area contributed by atoms with E-state index in [1.54, 1.807) is 32.5 Å². The van der Waals surface area contributed by atoms with E-state index in [1.807, 2.05) is 49.4 Å². The van der Waals surface area contributed by atoms with Crippen LogP contribution < -0.4 is 20.3 Å². The third-order valence-electron chi connectivity index (χ3n) is 5.54. The van der Waals surface area contributed by atoms with Gasteiger partial charge in [-0.05, 0) is 38.0 Å². The Morgan fingerprint density at radius 2 is 1.97 bits per heavy atom. The maximum atomic E-state index is 13.2. The first-order chi connectivity index (χ1) is 15.4. The van der Waals surface area contributed by atoms with Gasteiger partial charge in [-0.3, -0.25) is 9.59 Å². The molecule has 0 saturated carbocycles. The summed E-state index contributed by atoms with van der Waals surface area (Å²) in [7, 11) is 3.20. The van der Waals surface area contributed by atoms with Crippen molar-refractivity contribution in [1.82, 2.24) is 15.1 Å². The number of aryl methyl sites for hydroxylation is 1. The smallest absolute Gasteiger partial charge is 0.276 e. The van der Waals surface area contributed by atoms with Crippen LogP contribution in [0.3, 0.4) is 0 Å². The van der Waals surface area contributed by atoms with E-state index in [9.17, 15) is 9.59 Å². The van der Waals surface area contributed by atoms with E-state index >= 15 is 0 Å². The number of methoxy groups -OCH3 is 2. The number of fused-ring (bicyclic) bond motifs is 3. The van der Waals surface area contributed by atoms with Crippen molar-refractivity contribution in [2.24, 2.45) is 0 Å². The lowest BCUT2D eigenvalue weighted by Gasteiger charge is -2.16. The van der Waals surface area contributed by atoms with Gasteiger partial charge in [0.25, 0.3) is 5.56 Å². The average Bonchev–Trinajstić information content (AvgIpc) is 3.21. The van der Waals surface area contributed by atoms with Gasteiger partial charge in [-0.1, -0.05) is 24.3 Å². The van der Waals surface area contributed by atoms with Crippen LogP contribution in [-0.2, 0) is 11.2 Å². The fraction of sp³-hybridized carbons (Fsp3) is 0.292. The standard InChI is InChI=1S/C24H25N3O4S/c1-14-22-21(18-7-5-6-8-20(18)32-22)24(29)27(26-14)15(2)23(28)25-12-11-16-9-10-17(30-3)13-19(16)31-4/h5-10,13,15H,11-12H2,1-4H3,(H,25,28)/t15-/m0/s1. The van der Waals surface area contributed by atoms with Gasteiger partial charge in [0.05, 0.1) is 30.0 Å². The van der Waals surface area contributed by atoms with Crippen LogP contribution in [0.2, 0.25) is 0 Å². The average molecular weight is 452 g/mol. The van der Waals surface area contributed by atoms with Gasteiger partial charge in [0, 0.05) is 22.7 Å². The molecule has 0 spiro atoms. The minimum absolute atomic E-state index is 0.248. The van der Waals surface area contributed by atoms with Gasteiger partial charge in [0.2, 0.25) is 5.91 Å². The van der Waals surface area contributed by atoms with Crippen molar-refractivity contribution in [3.8, 4) is 11.5 Å². The van der Waals surface area contributed by atoms with Gasteiger partial charge in [-0.25, -0.2) is 4.68 Å². The summed E-state index contributed by atoms with van der Waals surface area (Å²) in [6.45, 7) is 3.97. The second-order valence-corrected chi connectivity index (χ2v) is 8.58. The summed E-state index contributed by atoms with van der Waals surface area (Å²) in [4.78, 5) is 26.1. The molecular weight excluding hydrogens is 426 g/mol. The monoisotopic (exact) mass is 451 g/mol. The molecule has 0 saturated heterocycles. The van der Waals surface area contributed by atoms with Crippen molar-refractivity contribution in [3.63, 3.8) is 0 Å². The molecule has 0 fully saturated rings. The Labute approximate surface area is 189 Å². The van der Waals surface area contributed by atoms with Gasteiger partial charge < -0.3 is 14.8 Å². The molecule has 1 amide bonds. The first kappa shape index (κ1) is 21.8. The van der Waals surface area contributed by atoms with E-state index in [2.05, 4.69) is 10.4 Å². The Hall–Kier alpha value is -3.39. The van der Waals surface area contributed by atoms with Gasteiger partial charge in [-0.15, -0.1) is 11.3 Å². The van der Waals surface area contributed by atoms with Crippen molar-refractivity contribution in [3.05, 3.63) is 64.1 Å². The fourth-order valence-corrected chi connectivity index (χ4v) is 4.91. The molecule has 0 aliphatic rings. The molecule has 2 aromatic carbocycles. The number of rotatable bonds is 7. The molecule has 0 unspecified atom stereocenters. The summed E-state index contributed by atoms with van der Waals surface area (Å²) in [5, 5.41) is 8.89. The molecule has 4 rings (SSSR count). The molecule has 0 radical (unpaired) electrons. The van der Waals surface area contributed by atoms with Gasteiger partial charge in [-0.2, -0.15) is 5.10 Å². The number of ether oxygens (including phenoxy) is 2. The Balaban J connectivity index is 1.54. The highest BCUT2D eigenvalue weighted by Gasteiger charge is 2.21. The number of amides is 1. The van der Waals surface area contributed by atoms with Crippen molar-refractivity contribution >= 4 is 37.4 Å². The third kappa shape index (κ3) is 3.93. The van der Waals surface area contributed by atoms with Crippen LogP contribution in [-0.4, -0.2) is 36.5 Å². The number of hydrogen-bond donors (Lipinski definition) is 1. The number of nitrogens with one attached hydrogen (secondary N) is 1. The first-order valence-corrected chi connectivity index (χ1v) is 11.2. The summed E-state index contributed by atoms with van der Waals surface area (Å²) in [5.41, 5.74) is 1.45. The normalized spacial score (nSPS) is 12.1. The highest BCUT2D eigenvalue weighted by Crippen LogP contribution is 2.33. The molecular formula is C24H25N3O4S. The zero-order chi connectivity index (χ0) is 22.8. The van der Waals surface area contributed by atoms with Crippen LogP contribution in [0.4, 0.5) is 0 Å². The van der Waals surface area contributed by atoms with E-state index in [1.165, 1.54) is 4.68 Å². The second kappa shape index (κ2) is 9.00. The van der Waals surface area contributed by atoms with Crippen LogP contribution in [0, 0.1) is 6.92 Å². The van der Waals surface area contributed by atoms with E-state index in [0.717, 1.165) is 26.0 Å². The molecule has 2 heterocycles. The SMILES string of the molecule is COc1ccc(CCNC(=O)[C@H](C)n2nc(C)c3sc4ccccc4c3c2=O)c(OC)c1. The number of benzene rings is 2. The Kier molecular flexibility index (Phi) is 6.14. The molecule has 8 heteroatoms. The fourth-order valence-electron chi connectivity index (χ4n) is 3.78.